The van der Waals surface area contributed by atoms with Gasteiger partial charge in [0, 0.05) is 36.9 Å². The van der Waals surface area contributed by atoms with Gasteiger partial charge in [-0.2, -0.15) is 0 Å². The van der Waals surface area contributed by atoms with Crippen molar-refractivity contribution < 1.29 is 18.9 Å². The number of nitro benzene ring substituents is 1. The molecule has 9 heteroatoms. The second-order valence-corrected chi connectivity index (χ2v) is 6.28. The molecule has 8 nitrogen and oxygen atoms in total. The van der Waals surface area contributed by atoms with Crippen LogP contribution in [-0.4, -0.2) is 33.2 Å². The molecule has 3 rings (SSSR count). The number of halogens is 1. The molecule has 0 radical (unpaired) electrons. The van der Waals surface area contributed by atoms with Crippen LogP contribution in [-0.2, 0) is 4.79 Å². The summed E-state index contributed by atoms with van der Waals surface area (Å²) in [7, 11) is 0. The molecular formula is C18H17FN4O4. The average molecular weight is 372 g/mol. The second-order valence-electron chi connectivity index (χ2n) is 6.28. The van der Waals surface area contributed by atoms with E-state index >= 15 is 0 Å². The topological polar surface area (TPSA) is 119 Å². The van der Waals surface area contributed by atoms with Crippen LogP contribution in [0.5, 0.6) is 0 Å². The maximum atomic E-state index is 14.9. The van der Waals surface area contributed by atoms with E-state index in [9.17, 15) is 24.1 Å². The third-order valence-electron chi connectivity index (χ3n) is 4.66. The average Bonchev–Trinajstić information content (AvgIpc) is 3.11. The second kappa shape index (κ2) is 7.10. The van der Waals surface area contributed by atoms with Crippen molar-refractivity contribution in [2.75, 3.05) is 6.54 Å². The normalized spacial score (nSPS) is 16.4. The number of rotatable bonds is 4. The summed E-state index contributed by atoms with van der Waals surface area (Å²) in [6.07, 6.45) is 2.53. The first-order valence-corrected chi connectivity index (χ1v) is 8.31. The number of likely N-dealkylation sites (tertiary alicyclic amines) is 1. The van der Waals surface area contributed by atoms with Gasteiger partial charge in [0.25, 0.3) is 11.6 Å². The molecule has 27 heavy (non-hydrogen) atoms. The Balaban J connectivity index is 2.19. The van der Waals surface area contributed by atoms with Gasteiger partial charge in [0.05, 0.1) is 16.5 Å². The van der Waals surface area contributed by atoms with E-state index in [0.29, 0.717) is 19.4 Å². The van der Waals surface area contributed by atoms with Crippen molar-refractivity contribution in [2.24, 2.45) is 5.73 Å². The molecule has 1 saturated heterocycles. The molecule has 140 valence electrons. The van der Waals surface area contributed by atoms with Crippen molar-refractivity contribution in [1.29, 1.82) is 0 Å². The first kappa shape index (κ1) is 18.4. The molecule has 2 heterocycles. The van der Waals surface area contributed by atoms with E-state index in [1.165, 1.54) is 30.2 Å². The zero-order valence-electron chi connectivity index (χ0n) is 14.5. The van der Waals surface area contributed by atoms with E-state index in [0.717, 1.165) is 12.1 Å². The number of carbonyl (C=O) groups is 2. The van der Waals surface area contributed by atoms with Crippen LogP contribution >= 0.6 is 0 Å². The highest BCUT2D eigenvalue weighted by molar-refractivity contribution is 5.99. The fourth-order valence-corrected chi connectivity index (χ4v) is 3.49. The minimum Gasteiger partial charge on any atom is -0.364 e. The van der Waals surface area contributed by atoms with Gasteiger partial charge < -0.3 is 10.6 Å². The summed E-state index contributed by atoms with van der Waals surface area (Å²) in [5.74, 6) is -1.78. The summed E-state index contributed by atoms with van der Waals surface area (Å²) in [6.45, 7) is 1.86. The van der Waals surface area contributed by atoms with Gasteiger partial charge in [0.1, 0.15) is 11.5 Å². The van der Waals surface area contributed by atoms with Gasteiger partial charge in [-0.3, -0.25) is 24.7 Å². The number of carbonyl (C=O) groups excluding carboxylic acids is 2. The van der Waals surface area contributed by atoms with Crippen LogP contribution in [0, 0.1) is 15.9 Å². The first-order chi connectivity index (χ1) is 12.8. The Hall–Kier alpha value is -3.36. The minimum absolute atomic E-state index is 0.0806. The number of nitrogens with zero attached hydrogens (tertiary/aromatic N) is 3. The van der Waals surface area contributed by atoms with Crippen LogP contribution in [0.25, 0.3) is 11.1 Å². The number of nitrogens with two attached hydrogens (primary N) is 1. The molecule has 2 N–H and O–H groups in total. The Morgan fingerprint density at radius 1 is 1.37 bits per heavy atom. The van der Waals surface area contributed by atoms with Gasteiger partial charge in [-0.1, -0.05) is 6.07 Å². The molecule has 1 aliphatic rings. The van der Waals surface area contributed by atoms with Crippen LogP contribution in [0.2, 0.25) is 0 Å². The van der Waals surface area contributed by atoms with Gasteiger partial charge in [0.15, 0.2) is 0 Å². The van der Waals surface area contributed by atoms with Crippen molar-refractivity contribution in [2.45, 2.75) is 25.8 Å². The molecule has 0 bridgehead atoms. The fraction of sp³-hybridized carbons (Fsp3) is 0.278. The monoisotopic (exact) mass is 372 g/mol. The highest BCUT2D eigenvalue weighted by Gasteiger charge is 2.33. The lowest BCUT2D eigenvalue weighted by Gasteiger charge is -2.24. The molecular weight excluding hydrogens is 355 g/mol. The van der Waals surface area contributed by atoms with Gasteiger partial charge in [-0.15, -0.1) is 0 Å². The van der Waals surface area contributed by atoms with Crippen LogP contribution in [0.1, 0.15) is 41.9 Å². The molecule has 2 aromatic rings. The number of hydrogen-bond acceptors (Lipinski definition) is 5. The molecule has 0 spiro atoms. The van der Waals surface area contributed by atoms with Crippen molar-refractivity contribution in [3.05, 3.63) is 57.7 Å². The molecule has 1 fully saturated rings. The third-order valence-corrected chi connectivity index (χ3v) is 4.66. The summed E-state index contributed by atoms with van der Waals surface area (Å²) in [5, 5.41) is 11.6. The van der Waals surface area contributed by atoms with E-state index in [4.69, 9.17) is 5.73 Å². The van der Waals surface area contributed by atoms with E-state index in [2.05, 4.69) is 4.98 Å². The molecule has 0 aliphatic carbocycles. The number of nitro groups is 1. The molecule has 1 aromatic carbocycles. The summed E-state index contributed by atoms with van der Waals surface area (Å²) in [5.41, 5.74) is 4.81. The van der Waals surface area contributed by atoms with E-state index in [-0.39, 0.29) is 34.0 Å². The Labute approximate surface area is 153 Å². The van der Waals surface area contributed by atoms with Crippen LogP contribution in [0.3, 0.4) is 0 Å². The summed E-state index contributed by atoms with van der Waals surface area (Å²) in [6, 6.07) is 4.49. The van der Waals surface area contributed by atoms with Crippen molar-refractivity contribution in [1.82, 2.24) is 9.88 Å². The number of pyridine rings is 1. The van der Waals surface area contributed by atoms with E-state index in [1.807, 2.05) is 0 Å². The number of amides is 2. The van der Waals surface area contributed by atoms with E-state index in [1.54, 1.807) is 0 Å². The molecule has 2 amide bonds. The molecule has 1 aliphatic heterocycles. The lowest BCUT2D eigenvalue weighted by Crippen LogP contribution is -2.28. The lowest BCUT2D eigenvalue weighted by molar-refractivity contribution is -0.384. The van der Waals surface area contributed by atoms with Crippen molar-refractivity contribution >= 4 is 17.5 Å². The van der Waals surface area contributed by atoms with Gasteiger partial charge in [0.2, 0.25) is 5.91 Å². The molecule has 1 aromatic heterocycles. The van der Waals surface area contributed by atoms with Gasteiger partial charge in [-0.05, 0) is 25.0 Å². The number of primary amides is 1. The largest absolute Gasteiger partial charge is 0.364 e. The Morgan fingerprint density at radius 3 is 2.74 bits per heavy atom. The molecule has 1 unspecified atom stereocenters. The predicted octanol–water partition coefficient (Wildman–Crippen LogP) is 2.58. The SMILES string of the molecule is CC(=O)N1CCCC1c1cc([N+](=O)[O-])c(-c2cccnc2C(N)=O)cc1F. The maximum Gasteiger partial charge on any atom is 0.277 e. The number of benzene rings is 1. The van der Waals surface area contributed by atoms with Gasteiger partial charge >= 0.3 is 0 Å². The molecule has 0 saturated carbocycles. The highest BCUT2D eigenvalue weighted by atomic mass is 19.1. The maximum absolute atomic E-state index is 14.9. The highest BCUT2D eigenvalue weighted by Crippen LogP contribution is 2.39. The predicted molar refractivity (Wildman–Crippen MR) is 94.2 cm³/mol. The number of hydrogen-bond donors (Lipinski definition) is 1. The van der Waals surface area contributed by atoms with E-state index < -0.39 is 22.7 Å². The molecule has 1 atom stereocenters. The quantitative estimate of drug-likeness (QED) is 0.653. The number of aromatic nitrogens is 1. The Morgan fingerprint density at radius 2 is 2.11 bits per heavy atom. The van der Waals surface area contributed by atoms with Crippen LogP contribution in [0.15, 0.2) is 30.5 Å². The van der Waals surface area contributed by atoms with Crippen LogP contribution < -0.4 is 5.73 Å². The van der Waals surface area contributed by atoms with Crippen LogP contribution in [0.4, 0.5) is 10.1 Å². The Kier molecular flexibility index (Phi) is 4.85. The Bertz CT molecular complexity index is 947. The lowest BCUT2D eigenvalue weighted by atomic mass is 9.95. The summed E-state index contributed by atoms with van der Waals surface area (Å²) in [4.78, 5) is 39.7. The van der Waals surface area contributed by atoms with Crippen molar-refractivity contribution in [3.8, 4) is 11.1 Å². The zero-order chi connectivity index (χ0) is 19.7. The minimum atomic E-state index is -0.872. The third kappa shape index (κ3) is 3.35. The summed E-state index contributed by atoms with van der Waals surface area (Å²) < 4.78 is 14.9. The van der Waals surface area contributed by atoms with Gasteiger partial charge in [-0.25, -0.2) is 4.39 Å². The van der Waals surface area contributed by atoms with Crippen molar-refractivity contribution in [3.63, 3.8) is 0 Å². The standard InChI is InChI=1S/C18H17FN4O4/c1-10(24)22-7-3-5-15(22)13-9-16(23(26)27)12(8-14(13)19)11-4-2-6-21-17(11)18(20)25/h2,4,6,8-9,15H,3,5,7H2,1H3,(H2,20,25). The fourth-order valence-electron chi connectivity index (χ4n) is 3.49. The first-order valence-electron chi connectivity index (χ1n) is 8.31. The zero-order valence-corrected chi connectivity index (χ0v) is 14.5. The smallest absolute Gasteiger partial charge is 0.277 e. The summed E-state index contributed by atoms with van der Waals surface area (Å²) >= 11 is 0.